The van der Waals surface area contributed by atoms with E-state index in [2.05, 4.69) is 29.7 Å². The van der Waals surface area contributed by atoms with E-state index in [4.69, 9.17) is 9.73 Å². The molecule has 6 nitrogen and oxygen atoms in total. The van der Waals surface area contributed by atoms with E-state index in [0.29, 0.717) is 36.4 Å². The highest BCUT2D eigenvalue weighted by Crippen LogP contribution is 2.60. The van der Waals surface area contributed by atoms with Gasteiger partial charge in [0.05, 0.1) is 12.6 Å². The first-order valence-electron chi connectivity index (χ1n) is 11.8. The number of nitrogens with zero attached hydrogens (tertiary/aromatic N) is 2. The molecule has 0 aromatic heterocycles. The number of ether oxygens (including phenoxy) is 1. The Bertz CT molecular complexity index is 800. The highest BCUT2D eigenvalue weighted by atomic mass is 16.5. The molecule has 2 saturated heterocycles. The maximum atomic E-state index is 11.9. The van der Waals surface area contributed by atoms with Crippen LogP contribution in [0.2, 0.25) is 0 Å². The van der Waals surface area contributed by atoms with E-state index < -0.39 is 0 Å². The van der Waals surface area contributed by atoms with Crippen molar-refractivity contribution in [2.75, 3.05) is 24.6 Å². The van der Waals surface area contributed by atoms with Crippen molar-refractivity contribution in [1.82, 2.24) is 10.6 Å². The van der Waals surface area contributed by atoms with E-state index in [1.54, 1.807) is 0 Å². The lowest BCUT2D eigenvalue weighted by Crippen LogP contribution is -2.69. The topological polar surface area (TPSA) is 66.0 Å². The molecule has 4 fully saturated rings. The van der Waals surface area contributed by atoms with Crippen molar-refractivity contribution in [2.24, 2.45) is 16.3 Å². The van der Waals surface area contributed by atoms with Gasteiger partial charge in [-0.1, -0.05) is 25.0 Å². The van der Waals surface area contributed by atoms with Crippen LogP contribution in [-0.4, -0.2) is 43.7 Å². The van der Waals surface area contributed by atoms with Crippen LogP contribution < -0.4 is 15.5 Å². The van der Waals surface area contributed by atoms with Crippen LogP contribution in [0.25, 0.3) is 0 Å². The molecule has 1 spiro atoms. The van der Waals surface area contributed by atoms with Crippen LogP contribution >= 0.6 is 0 Å². The minimum atomic E-state index is 0.231. The van der Waals surface area contributed by atoms with Gasteiger partial charge in [-0.25, -0.2) is 4.99 Å². The summed E-state index contributed by atoms with van der Waals surface area (Å²) in [6.07, 6.45) is 8.46. The summed E-state index contributed by atoms with van der Waals surface area (Å²) in [7, 11) is 0. The largest absolute Gasteiger partial charge is 0.377 e. The number of guanidine groups is 1. The first-order valence-corrected chi connectivity index (χ1v) is 11.8. The van der Waals surface area contributed by atoms with E-state index in [9.17, 15) is 4.79 Å². The molecule has 3 unspecified atom stereocenters. The Hall–Kier alpha value is -2.08. The molecular weight excluding hydrogens is 376 g/mol. The molecule has 3 atom stereocenters. The molecule has 2 heterocycles. The van der Waals surface area contributed by atoms with Crippen LogP contribution in [0.15, 0.2) is 29.3 Å². The zero-order chi connectivity index (χ0) is 20.6. The monoisotopic (exact) mass is 410 g/mol. The second kappa shape index (κ2) is 8.22. The third kappa shape index (κ3) is 3.39. The van der Waals surface area contributed by atoms with Crippen molar-refractivity contribution >= 4 is 17.6 Å². The minimum absolute atomic E-state index is 0.231. The molecule has 162 valence electrons. The molecule has 1 aromatic rings. The van der Waals surface area contributed by atoms with Crippen molar-refractivity contribution in [2.45, 2.75) is 70.6 Å². The first kappa shape index (κ1) is 19.9. The number of amides is 1. The quantitative estimate of drug-likeness (QED) is 0.578. The Morgan fingerprint density at radius 1 is 1.23 bits per heavy atom. The lowest BCUT2D eigenvalue weighted by molar-refractivity contribution is -0.125. The normalized spacial score (nSPS) is 29.9. The van der Waals surface area contributed by atoms with Gasteiger partial charge >= 0.3 is 0 Å². The Morgan fingerprint density at radius 3 is 2.73 bits per heavy atom. The van der Waals surface area contributed by atoms with Gasteiger partial charge < -0.3 is 20.3 Å². The Morgan fingerprint density at radius 2 is 2.03 bits per heavy atom. The number of anilines is 1. The number of benzene rings is 1. The predicted octanol–water partition coefficient (Wildman–Crippen LogP) is 3.22. The highest BCUT2D eigenvalue weighted by Gasteiger charge is 2.65. The first-order chi connectivity index (χ1) is 14.7. The molecular formula is C24H34N4O2. The summed E-state index contributed by atoms with van der Waals surface area (Å²) >= 11 is 0. The minimum Gasteiger partial charge on any atom is -0.377 e. The van der Waals surface area contributed by atoms with Gasteiger partial charge in [0.1, 0.15) is 0 Å². The van der Waals surface area contributed by atoms with E-state index in [1.165, 1.54) is 32.1 Å². The number of carbonyl (C=O) groups is 1. The summed E-state index contributed by atoms with van der Waals surface area (Å²) < 4.78 is 6.12. The van der Waals surface area contributed by atoms with Gasteiger partial charge in [-0.05, 0) is 50.3 Å². The molecule has 2 saturated carbocycles. The van der Waals surface area contributed by atoms with Gasteiger partial charge in [0, 0.05) is 49.2 Å². The molecule has 0 radical (unpaired) electrons. The molecule has 0 bridgehead atoms. The van der Waals surface area contributed by atoms with Gasteiger partial charge in [0.2, 0.25) is 5.91 Å². The van der Waals surface area contributed by atoms with E-state index in [-0.39, 0.29) is 5.91 Å². The number of nitrogens with one attached hydrogen (secondary N) is 2. The zero-order valence-electron chi connectivity index (χ0n) is 18.0. The molecule has 1 amide bonds. The third-order valence-corrected chi connectivity index (χ3v) is 7.66. The molecule has 5 rings (SSSR count). The molecule has 2 N–H and O–H groups in total. The fourth-order valence-corrected chi connectivity index (χ4v) is 6.24. The Balaban J connectivity index is 1.26. The molecule has 30 heavy (non-hydrogen) atoms. The number of rotatable bonds is 5. The average molecular weight is 411 g/mol. The zero-order valence-corrected chi connectivity index (χ0v) is 18.0. The number of aliphatic imine (C=N–C) groups is 1. The van der Waals surface area contributed by atoms with Crippen molar-refractivity contribution < 1.29 is 9.53 Å². The molecule has 2 aliphatic heterocycles. The lowest BCUT2D eigenvalue weighted by atomic mass is 9.54. The molecule has 1 aromatic carbocycles. The maximum absolute atomic E-state index is 11.9. The lowest BCUT2D eigenvalue weighted by Gasteiger charge is -2.57. The van der Waals surface area contributed by atoms with Crippen LogP contribution in [0, 0.1) is 11.3 Å². The van der Waals surface area contributed by atoms with E-state index in [1.807, 2.05) is 17.0 Å². The summed E-state index contributed by atoms with van der Waals surface area (Å²) in [5.41, 5.74) is 2.48. The number of hydrogen-bond acceptors (Lipinski definition) is 3. The maximum Gasteiger partial charge on any atom is 0.227 e. The SMILES string of the molecule is CCNC(=NCc1ccc(N2CCCC2=O)cc1)NC1C2CCOC2C12CCCC2. The predicted molar refractivity (Wildman–Crippen MR) is 119 cm³/mol. The van der Waals surface area contributed by atoms with Crippen molar-refractivity contribution in [3.8, 4) is 0 Å². The summed E-state index contributed by atoms with van der Waals surface area (Å²) in [5.74, 6) is 1.78. The Kier molecular flexibility index (Phi) is 5.44. The van der Waals surface area contributed by atoms with Crippen LogP contribution in [0.5, 0.6) is 0 Å². The smallest absolute Gasteiger partial charge is 0.227 e. The Labute approximate surface area is 179 Å². The molecule has 6 heteroatoms. The number of hydrogen-bond donors (Lipinski definition) is 2. The van der Waals surface area contributed by atoms with Crippen LogP contribution in [0.4, 0.5) is 5.69 Å². The second-order valence-electron chi connectivity index (χ2n) is 9.32. The van der Waals surface area contributed by atoms with E-state index >= 15 is 0 Å². The average Bonchev–Trinajstić information content (AvgIpc) is 3.50. The summed E-state index contributed by atoms with van der Waals surface area (Å²) in [5, 5.41) is 7.24. The summed E-state index contributed by atoms with van der Waals surface area (Å²) in [6.45, 7) is 5.35. The second-order valence-corrected chi connectivity index (χ2v) is 9.32. The summed E-state index contributed by atoms with van der Waals surface area (Å²) in [6, 6.07) is 8.77. The van der Waals surface area contributed by atoms with Crippen LogP contribution in [-0.2, 0) is 16.1 Å². The standard InChI is InChI=1S/C24H34N4O2/c1-2-25-23(27-21-19-11-15-30-22(19)24(21)12-3-4-13-24)26-16-17-7-9-18(10-8-17)28-14-5-6-20(28)29/h7-10,19,21-22H,2-6,11-16H2,1H3,(H2,25,26,27). The van der Waals surface area contributed by atoms with Crippen LogP contribution in [0.3, 0.4) is 0 Å². The molecule has 4 aliphatic rings. The van der Waals surface area contributed by atoms with Crippen molar-refractivity contribution in [3.63, 3.8) is 0 Å². The number of carbonyl (C=O) groups excluding carboxylic acids is 1. The molecule has 2 aliphatic carbocycles. The van der Waals surface area contributed by atoms with Crippen molar-refractivity contribution in [3.05, 3.63) is 29.8 Å². The number of fused-ring (bicyclic) bond motifs is 2. The van der Waals surface area contributed by atoms with Gasteiger partial charge in [-0.15, -0.1) is 0 Å². The van der Waals surface area contributed by atoms with Gasteiger partial charge in [0.15, 0.2) is 5.96 Å². The van der Waals surface area contributed by atoms with E-state index in [0.717, 1.165) is 43.3 Å². The fraction of sp³-hybridized carbons (Fsp3) is 0.667. The summed E-state index contributed by atoms with van der Waals surface area (Å²) in [4.78, 5) is 18.7. The fourth-order valence-electron chi connectivity index (χ4n) is 6.24. The highest BCUT2D eigenvalue weighted by molar-refractivity contribution is 5.95. The van der Waals surface area contributed by atoms with Gasteiger partial charge in [-0.2, -0.15) is 0 Å². The van der Waals surface area contributed by atoms with Crippen molar-refractivity contribution in [1.29, 1.82) is 0 Å². The van der Waals surface area contributed by atoms with Crippen LogP contribution in [0.1, 0.15) is 57.4 Å². The third-order valence-electron chi connectivity index (χ3n) is 7.66. The van der Waals surface area contributed by atoms with Gasteiger partial charge in [0.25, 0.3) is 0 Å². The van der Waals surface area contributed by atoms with Gasteiger partial charge in [-0.3, -0.25) is 4.79 Å².